The Morgan fingerprint density at radius 1 is 1.20 bits per heavy atom. The maximum atomic E-state index is 12.4. The van der Waals surface area contributed by atoms with Crippen LogP contribution in [0.25, 0.3) is 17.0 Å². The Balaban J connectivity index is 1.53. The highest BCUT2D eigenvalue weighted by Crippen LogP contribution is 2.31. The van der Waals surface area contributed by atoms with Gasteiger partial charge in [0.15, 0.2) is 0 Å². The van der Waals surface area contributed by atoms with Gasteiger partial charge in [-0.25, -0.2) is 0 Å². The van der Waals surface area contributed by atoms with E-state index in [9.17, 15) is 9.90 Å². The number of aliphatic hydroxyl groups is 1. The van der Waals surface area contributed by atoms with Crippen LogP contribution in [0.3, 0.4) is 0 Å². The Bertz CT molecular complexity index is 971. The van der Waals surface area contributed by atoms with Gasteiger partial charge < -0.3 is 15.0 Å². The standard InChI is InChI=1S/C21H20N2O2/c1-23-13-15(16-7-4-5-9-18(16)23)10-11-20(25)22-21-17-8-3-2-6-14(17)12-19(21)24/h2-11,13,19,21,24H,12H2,1H3,(H,22,25)/b11-10+/t19-,21+/m1/s1. The summed E-state index contributed by atoms with van der Waals surface area (Å²) in [5.74, 6) is -0.200. The topological polar surface area (TPSA) is 54.3 Å². The van der Waals surface area contributed by atoms with Crippen LogP contribution in [0.15, 0.2) is 60.8 Å². The van der Waals surface area contributed by atoms with Gasteiger partial charge in [-0.3, -0.25) is 4.79 Å². The van der Waals surface area contributed by atoms with Crippen molar-refractivity contribution in [2.45, 2.75) is 18.6 Å². The number of rotatable bonds is 3. The van der Waals surface area contributed by atoms with Crippen LogP contribution in [-0.2, 0) is 18.3 Å². The number of fused-ring (bicyclic) bond motifs is 2. The molecule has 1 aromatic heterocycles. The van der Waals surface area contributed by atoms with Gasteiger partial charge in [0.05, 0.1) is 12.1 Å². The molecule has 0 unspecified atom stereocenters. The molecule has 126 valence electrons. The first kappa shape index (κ1) is 15.7. The van der Waals surface area contributed by atoms with Crippen LogP contribution in [0.4, 0.5) is 0 Å². The fraction of sp³-hybridized carbons (Fsp3) is 0.190. The molecule has 1 heterocycles. The summed E-state index contributed by atoms with van der Waals surface area (Å²) in [7, 11) is 1.99. The molecule has 4 nitrogen and oxygen atoms in total. The zero-order valence-electron chi connectivity index (χ0n) is 14.0. The van der Waals surface area contributed by atoms with E-state index >= 15 is 0 Å². The molecular weight excluding hydrogens is 312 g/mol. The average molecular weight is 332 g/mol. The Labute approximate surface area is 146 Å². The van der Waals surface area contributed by atoms with Gasteiger partial charge in [0.2, 0.25) is 5.91 Å². The third-order valence-corrected chi connectivity index (χ3v) is 4.84. The number of aliphatic hydroxyl groups excluding tert-OH is 1. The number of carbonyl (C=O) groups is 1. The van der Waals surface area contributed by atoms with E-state index in [4.69, 9.17) is 0 Å². The van der Waals surface area contributed by atoms with Crippen LogP contribution < -0.4 is 5.32 Å². The molecule has 1 aliphatic carbocycles. The number of benzene rings is 2. The Kier molecular flexibility index (Phi) is 3.90. The van der Waals surface area contributed by atoms with Crippen LogP contribution >= 0.6 is 0 Å². The number of amides is 1. The molecule has 0 fully saturated rings. The lowest BCUT2D eigenvalue weighted by Gasteiger charge is -2.16. The van der Waals surface area contributed by atoms with Gasteiger partial charge >= 0.3 is 0 Å². The fourth-order valence-electron chi connectivity index (χ4n) is 3.62. The lowest BCUT2D eigenvalue weighted by Crippen LogP contribution is -2.32. The van der Waals surface area contributed by atoms with Crippen molar-refractivity contribution in [1.82, 2.24) is 9.88 Å². The van der Waals surface area contributed by atoms with Gasteiger partial charge in [0.1, 0.15) is 0 Å². The predicted octanol–water partition coefficient (Wildman–Crippen LogP) is 2.97. The lowest BCUT2D eigenvalue weighted by atomic mass is 10.1. The minimum Gasteiger partial charge on any atom is -0.390 e. The second-order valence-electron chi connectivity index (χ2n) is 6.50. The predicted molar refractivity (Wildman–Crippen MR) is 99.0 cm³/mol. The number of hydrogen-bond donors (Lipinski definition) is 2. The van der Waals surface area contributed by atoms with Crippen molar-refractivity contribution >= 4 is 22.9 Å². The van der Waals surface area contributed by atoms with E-state index in [1.807, 2.05) is 66.4 Å². The van der Waals surface area contributed by atoms with E-state index in [0.717, 1.165) is 27.6 Å². The third kappa shape index (κ3) is 2.85. The maximum Gasteiger partial charge on any atom is 0.244 e. The summed E-state index contributed by atoms with van der Waals surface area (Å²) >= 11 is 0. The Morgan fingerprint density at radius 3 is 2.84 bits per heavy atom. The smallest absolute Gasteiger partial charge is 0.244 e. The Morgan fingerprint density at radius 2 is 1.96 bits per heavy atom. The molecule has 1 aliphatic rings. The monoisotopic (exact) mass is 332 g/mol. The third-order valence-electron chi connectivity index (χ3n) is 4.84. The van der Waals surface area contributed by atoms with Crippen LogP contribution in [0.5, 0.6) is 0 Å². The molecule has 0 bridgehead atoms. The van der Waals surface area contributed by atoms with Crippen molar-refractivity contribution in [2.75, 3.05) is 0 Å². The average Bonchev–Trinajstić information content (AvgIpc) is 3.11. The normalized spacial score (nSPS) is 19.4. The molecule has 3 aromatic rings. The molecule has 1 amide bonds. The summed E-state index contributed by atoms with van der Waals surface area (Å²) in [6, 6.07) is 15.6. The van der Waals surface area contributed by atoms with E-state index in [1.54, 1.807) is 0 Å². The van der Waals surface area contributed by atoms with Crippen molar-refractivity contribution < 1.29 is 9.90 Å². The number of para-hydroxylation sites is 1. The summed E-state index contributed by atoms with van der Waals surface area (Å²) in [5, 5.41) is 14.3. The molecule has 4 heteroatoms. The van der Waals surface area contributed by atoms with Crippen molar-refractivity contribution in [1.29, 1.82) is 0 Å². The molecule has 25 heavy (non-hydrogen) atoms. The molecule has 0 spiro atoms. The zero-order chi connectivity index (χ0) is 17.4. The molecule has 0 aliphatic heterocycles. The summed E-state index contributed by atoms with van der Waals surface area (Å²) in [6.07, 6.45) is 5.37. The van der Waals surface area contributed by atoms with Gasteiger partial charge in [0, 0.05) is 42.2 Å². The largest absolute Gasteiger partial charge is 0.390 e. The van der Waals surface area contributed by atoms with E-state index in [0.29, 0.717) is 6.42 Å². The molecule has 0 saturated heterocycles. The van der Waals surface area contributed by atoms with Gasteiger partial charge in [-0.15, -0.1) is 0 Å². The maximum absolute atomic E-state index is 12.4. The quantitative estimate of drug-likeness (QED) is 0.725. The van der Waals surface area contributed by atoms with Crippen LogP contribution in [0, 0.1) is 0 Å². The number of aromatic nitrogens is 1. The van der Waals surface area contributed by atoms with Crippen molar-refractivity contribution in [3.8, 4) is 0 Å². The minimum absolute atomic E-state index is 0.200. The number of nitrogens with zero attached hydrogens (tertiary/aromatic N) is 1. The highest BCUT2D eigenvalue weighted by Gasteiger charge is 2.31. The van der Waals surface area contributed by atoms with Crippen molar-refractivity contribution in [3.63, 3.8) is 0 Å². The second kappa shape index (κ2) is 6.22. The van der Waals surface area contributed by atoms with Gasteiger partial charge in [0.25, 0.3) is 0 Å². The van der Waals surface area contributed by atoms with Gasteiger partial charge in [-0.2, -0.15) is 0 Å². The second-order valence-corrected chi connectivity index (χ2v) is 6.50. The molecule has 0 saturated carbocycles. The van der Waals surface area contributed by atoms with Crippen LogP contribution in [0.2, 0.25) is 0 Å². The number of hydrogen-bond acceptors (Lipinski definition) is 2. The minimum atomic E-state index is -0.577. The van der Waals surface area contributed by atoms with E-state index in [-0.39, 0.29) is 11.9 Å². The highest BCUT2D eigenvalue weighted by molar-refractivity contribution is 5.96. The fourth-order valence-corrected chi connectivity index (χ4v) is 3.62. The summed E-state index contributed by atoms with van der Waals surface area (Å²) in [4.78, 5) is 12.4. The highest BCUT2D eigenvalue weighted by atomic mass is 16.3. The summed E-state index contributed by atoms with van der Waals surface area (Å²) in [6.45, 7) is 0. The number of nitrogens with one attached hydrogen (secondary N) is 1. The van der Waals surface area contributed by atoms with Gasteiger partial charge in [-0.05, 0) is 23.3 Å². The number of carbonyl (C=O) groups excluding carboxylic acids is 1. The zero-order valence-corrected chi connectivity index (χ0v) is 14.0. The molecule has 2 N–H and O–H groups in total. The first-order valence-corrected chi connectivity index (χ1v) is 8.42. The Hall–Kier alpha value is -2.85. The first-order chi connectivity index (χ1) is 12.1. The van der Waals surface area contributed by atoms with E-state index in [2.05, 4.69) is 11.4 Å². The summed E-state index contributed by atoms with van der Waals surface area (Å²) < 4.78 is 2.05. The molecule has 2 aromatic carbocycles. The lowest BCUT2D eigenvalue weighted by molar-refractivity contribution is -0.117. The molecular formula is C21H20N2O2. The molecule has 2 atom stereocenters. The van der Waals surface area contributed by atoms with E-state index < -0.39 is 6.10 Å². The van der Waals surface area contributed by atoms with Gasteiger partial charge in [-0.1, -0.05) is 42.5 Å². The number of aryl methyl sites for hydroxylation is 1. The van der Waals surface area contributed by atoms with Crippen molar-refractivity contribution in [2.24, 2.45) is 7.05 Å². The summed E-state index contributed by atoms with van der Waals surface area (Å²) in [5.41, 5.74) is 4.23. The van der Waals surface area contributed by atoms with Crippen LogP contribution in [-0.4, -0.2) is 21.7 Å². The SMILES string of the molecule is Cn1cc(/C=C/C(=O)N[C@H]2c3ccccc3C[C@H]2O)c2ccccc21. The molecule has 0 radical (unpaired) electrons. The van der Waals surface area contributed by atoms with Crippen molar-refractivity contribution in [3.05, 3.63) is 77.5 Å². The van der Waals surface area contributed by atoms with E-state index in [1.165, 1.54) is 6.08 Å². The first-order valence-electron chi connectivity index (χ1n) is 8.42. The van der Waals surface area contributed by atoms with Crippen LogP contribution in [0.1, 0.15) is 22.7 Å². The molecule has 4 rings (SSSR count).